The molecule has 2 rings (SSSR count). The van der Waals surface area contributed by atoms with Gasteiger partial charge in [0.1, 0.15) is 0 Å². The highest BCUT2D eigenvalue weighted by atomic mass is 32.1. The van der Waals surface area contributed by atoms with E-state index >= 15 is 0 Å². The molecule has 1 fully saturated rings. The van der Waals surface area contributed by atoms with E-state index in [-0.39, 0.29) is 5.92 Å². The Morgan fingerprint density at radius 2 is 2.06 bits per heavy atom. The van der Waals surface area contributed by atoms with Gasteiger partial charge in [0.2, 0.25) is 0 Å². The summed E-state index contributed by atoms with van der Waals surface area (Å²) in [6, 6.07) is 11.1. The summed E-state index contributed by atoms with van der Waals surface area (Å²) in [4.78, 5) is 3.10. The third-order valence-electron chi connectivity index (χ3n) is 3.43. The highest BCUT2D eigenvalue weighted by molar-refractivity contribution is 7.80. The largest absolute Gasteiger partial charge is 0.393 e. The predicted molar refractivity (Wildman–Crippen MR) is 76.2 cm³/mol. The molecule has 17 heavy (non-hydrogen) atoms. The number of likely N-dealkylation sites (N-methyl/N-ethyl adjacent to an activating group) is 1. The lowest BCUT2D eigenvalue weighted by Gasteiger charge is -2.26. The molecule has 1 aromatic carbocycles. The van der Waals surface area contributed by atoms with Gasteiger partial charge in [-0.05, 0) is 24.9 Å². The van der Waals surface area contributed by atoms with Crippen molar-refractivity contribution in [3.05, 3.63) is 35.9 Å². The summed E-state index contributed by atoms with van der Waals surface area (Å²) >= 11 is 5.22. The zero-order chi connectivity index (χ0) is 12.3. The van der Waals surface area contributed by atoms with Gasteiger partial charge in [-0.1, -0.05) is 49.5 Å². The average Bonchev–Trinajstić information content (AvgIpc) is 3.15. The van der Waals surface area contributed by atoms with Crippen molar-refractivity contribution in [2.24, 2.45) is 5.73 Å². The Morgan fingerprint density at radius 1 is 1.41 bits per heavy atom. The van der Waals surface area contributed by atoms with Gasteiger partial charge in [-0.3, -0.25) is 4.90 Å². The van der Waals surface area contributed by atoms with Crippen LogP contribution in [0.15, 0.2) is 30.3 Å². The third kappa shape index (κ3) is 3.27. The van der Waals surface area contributed by atoms with E-state index in [9.17, 15) is 0 Å². The molecule has 1 aliphatic rings. The van der Waals surface area contributed by atoms with E-state index in [0.29, 0.717) is 4.99 Å². The van der Waals surface area contributed by atoms with Gasteiger partial charge in [-0.25, -0.2) is 0 Å². The summed E-state index contributed by atoms with van der Waals surface area (Å²) < 4.78 is 0. The average molecular weight is 248 g/mol. The lowest BCUT2D eigenvalue weighted by molar-refractivity contribution is 0.275. The predicted octanol–water partition coefficient (Wildman–Crippen LogP) is 2.54. The highest BCUT2D eigenvalue weighted by Gasteiger charge is 2.30. The van der Waals surface area contributed by atoms with Crippen LogP contribution in [-0.2, 0) is 0 Å². The van der Waals surface area contributed by atoms with Gasteiger partial charge in [-0.2, -0.15) is 0 Å². The van der Waals surface area contributed by atoms with Crippen molar-refractivity contribution < 1.29 is 0 Å². The quantitative estimate of drug-likeness (QED) is 0.785. The second-order valence-electron chi connectivity index (χ2n) is 4.68. The first-order valence-electron chi connectivity index (χ1n) is 6.30. The van der Waals surface area contributed by atoms with Crippen molar-refractivity contribution >= 4 is 17.2 Å². The number of benzene rings is 1. The van der Waals surface area contributed by atoms with Crippen molar-refractivity contribution in [3.8, 4) is 0 Å². The second-order valence-corrected chi connectivity index (χ2v) is 5.16. The molecule has 1 unspecified atom stereocenters. The minimum Gasteiger partial charge on any atom is -0.393 e. The molecule has 1 atom stereocenters. The molecule has 0 aromatic heterocycles. The van der Waals surface area contributed by atoms with E-state index in [0.717, 1.165) is 19.1 Å². The molecule has 0 heterocycles. The van der Waals surface area contributed by atoms with Crippen LogP contribution in [0.1, 0.15) is 31.2 Å². The van der Waals surface area contributed by atoms with Crippen LogP contribution in [0.5, 0.6) is 0 Å². The first kappa shape index (κ1) is 12.5. The number of hydrogen-bond acceptors (Lipinski definition) is 2. The molecule has 2 N–H and O–H groups in total. The SMILES string of the molecule is CCN(CC(C(N)=S)c1ccccc1)C1CC1. The Balaban J connectivity index is 2.09. The van der Waals surface area contributed by atoms with E-state index in [2.05, 4.69) is 24.0 Å². The Bertz CT molecular complexity index is 373. The first-order chi connectivity index (χ1) is 8.22. The number of nitrogens with zero attached hydrogens (tertiary/aromatic N) is 1. The monoisotopic (exact) mass is 248 g/mol. The number of thiocarbonyl (C=S) groups is 1. The van der Waals surface area contributed by atoms with Gasteiger partial charge < -0.3 is 5.73 Å². The second kappa shape index (κ2) is 5.61. The first-order valence-corrected chi connectivity index (χ1v) is 6.71. The summed E-state index contributed by atoms with van der Waals surface area (Å²) in [5.74, 6) is 0.187. The minimum absolute atomic E-state index is 0.187. The van der Waals surface area contributed by atoms with Crippen LogP contribution in [0.4, 0.5) is 0 Å². The fourth-order valence-electron chi connectivity index (χ4n) is 2.26. The topological polar surface area (TPSA) is 29.3 Å². The van der Waals surface area contributed by atoms with E-state index in [4.69, 9.17) is 18.0 Å². The Kier molecular flexibility index (Phi) is 4.13. The van der Waals surface area contributed by atoms with Crippen molar-refractivity contribution in [3.63, 3.8) is 0 Å². The maximum atomic E-state index is 5.90. The fraction of sp³-hybridized carbons (Fsp3) is 0.500. The summed E-state index contributed by atoms with van der Waals surface area (Å²) in [7, 11) is 0. The molecule has 0 bridgehead atoms. The van der Waals surface area contributed by atoms with Crippen LogP contribution in [0.2, 0.25) is 0 Å². The van der Waals surface area contributed by atoms with E-state index in [1.54, 1.807) is 0 Å². The zero-order valence-electron chi connectivity index (χ0n) is 10.3. The zero-order valence-corrected chi connectivity index (χ0v) is 11.1. The van der Waals surface area contributed by atoms with Crippen LogP contribution in [-0.4, -0.2) is 29.0 Å². The van der Waals surface area contributed by atoms with Crippen LogP contribution in [0, 0.1) is 0 Å². The van der Waals surface area contributed by atoms with Gasteiger partial charge in [0.05, 0.1) is 4.99 Å². The lowest BCUT2D eigenvalue weighted by atomic mass is 9.98. The summed E-state index contributed by atoms with van der Waals surface area (Å²) in [5, 5.41) is 0. The molecule has 0 saturated heterocycles. The molecule has 2 nitrogen and oxygen atoms in total. The maximum Gasteiger partial charge on any atom is 0.0816 e. The Morgan fingerprint density at radius 3 is 2.53 bits per heavy atom. The van der Waals surface area contributed by atoms with Crippen molar-refractivity contribution in [2.45, 2.75) is 31.7 Å². The molecule has 3 heteroatoms. The number of hydrogen-bond donors (Lipinski definition) is 1. The molecule has 0 radical (unpaired) electrons. The molecular weight excluding hydrogens is 228 g/mol. The van der Waals surface area contributed by atoms with Crippen LogP contribution < -0.4 is 5.73 Å². The smallest absolute Gasteiger partial charge is 0.0816 e. The summed E-state index contributed by atoms with van der Waals surface area (Å²) in [5.41, 5.74) is 7.13. The van der Waals surface area contributed by atoms with E-state index < -0.39 is 0 Å². The van der Waals surface area contributed by atoms with Gasteiger partial charge in [0, 0.05) is 18.5 Å². The normalized spacial score (nSPS) is 17.1. The van der Waals surface area contributed by atoms with Gasteiger partial charge >= 0.3 is 0 Å². The third-order valence-corrected chi connectivity index (χ3v) is 3.72. The van der Waals surface area contributed by atoms with E-state index in [1.807, 2.05) is 18.2 Å². The highest BCUT2D eigenvalue weighted by Crippen LogP contribution is 2.29. The molecule has 1 saturated carbocycles. The summed E-state index contributed by atoms with van der Waals surface area (Å²) in [6.45, 7) is 4.25. The molecule has 1 aromatic rings. The van der Waals surface area contributed by atoms with Crippen LogP contribution in [0.3, 0.4) is 0 Å². The lowest BCUT2D eigenvalue weighted by Crippen LogP contribution is -2.35. The molecule has 0 amide bonds. The standard InChI is InChI=1S/C14H20N2S/c1-2-16(12-8-9-12)10-13(14(15)17)11-6-4-3-5-7-11/h3-7,12-13H,2,8-10H2,1H3,(H2,15,17). The molecule has 1 aliphatic carbocycles. The molecule has 0 aliphatic heterocycles. The van der Waals surface area contributed by atoms with Crippen LogP contribution in [0.25, 0.3) is 0 Å². The minimum atomic E-state index is 0.187. The maximum absolute atomic E-state index is 5.90. The number of rotatable bonds is 6. The molecule has 92 valence electrons. The van der Waals surface area contributed by atoms with Crippen LogP contribution >= 0.6 is 12.2 Å². The fourth-order valence-corrected chi connectivity index (χ4v) is 2.47. The Labute approximate surface area is 109 Å². The molecule has 0 spiro atoms. The van der Waals surface area contributed by atoms with Crippen molar-refractivity contribution in [1.82, 2.24) is 4.90 Å². The Hall–Kier alpha value is -0.930. The van der Waals surface area contributed by atoms with Gasteiger partial charge in [-0.15, -0.1) is 0 Å². The summed E-state index contributed by atoms with van der Waals surface area (Å²) in [6.07, 6.45) is 2.65. The van der Waals surface area contributed by atoms with Gasteiger partial charge in [0.15, 0.2) is 0 Å². The van der Waals surface area contributed by atoms with Crippen molar-refractivity contribution in [1.29, 1.82) is 0 Å². The van der Waals surface area contributed by atoms with Crippen molar-refractivity contribution in [2.75, 3.05) is 13.1 Å². The number of nitrogens with two attached hydrogens (primary N) is 1. The molecular formula is C14H20N2S. The van der Waals surface area contributed by atoms with Gasteiger partial charge in [0.25, 0.3) is 0 Å². The van der Waals surface area contributed by atoms with E-state index in [1.165, 1.54) is 18.4 Å².